The first-order chi connectivity index (χ1) is 14.2. The van der Waals surface area contributed by atoms with Crippen molar-refractivity contribution in [3.8, 4) is 11.5 Å². The zero-order valence-corrected chi connectivity index (χ0v) is 16.6. The van der Waals surface area contributed by atoms with Gasteiger partial charge in [0.15, 0.2) is 5.71 Å². The van der Waals surface area contributed by atoms with Crippen LogP contribution in [-0.2, 0) is 21.1 Å². The van der Waals surface area contributed by atoms with Gasteiger partial charge in [0.2, 0.25) is 0 Å². The molecule has 29 heavy (non-hydrogen) atoms. The molecule has 0 unspecified atom stereocenters. The smallest absolute Gasteiger partial charge is 0.273 e. The maximum atomic E-state index is 12.2. The van der Waals surface area contributed by atoms with Crippen LogP contribution in [0.15, 0.2) is 52.8 Å². The molecule has 3 rings (SSSR count). The first-order valence-electron chi connectivity index (χ1n) is 9.18. The summed E-state index contributed by atoms with van der Waals surface area (Å²) in [5.74, 6) is 0.994. The van der Waals surface area contributed by atoms with Crippen molar-refractivity contribution in [2.75, 3.05) is 27.4 Å². The summed E-state index contributed by atoms with van der Waals surface area (Å²) in [6.07, 6.45) is 0. The third-order valence-corrected chi connectivity index (χ3v) is 4.22. The predicted octanol–water partition coefficient (Wildman–Crippen LogP) is 2.50. The summed E-state index contributed by atoms with van der Waals surface area (Å²) in [4.78, 5) is 22.1. The van der Waals surface area contributed by atoms with Crippen LogP contribution in [0, 0.1) is 0 Å². The summed E-state index contributed by atoms with van der Waals surface area (Å²) in [5, 5.41) is 10.5. The molecule has 0 spiro atoms. The van der Waals surface area contributed by atoms with Crippen LogP contribution >= 0.6 is 0 Å². The second-order valence-electron chi connectivity index (χ2n) is 6.05. The number of oxime groups is 2. The molecule has 2 aromatic rings. The van der Waals surface area contributed by atoms with E-state index in [0.717, 1.165) is 16.8 Å². The number of benzene rings is 2. The first kappa shape index (κ1) is 20.2. The van der Waals surface area contributed by atoms with Crippen LogP contribution in [0.3, 0.4) is 0 Å². The Morgan fingerprint density at radius 3 is 2.83 bits per heavy atom. The normalized spacial score (nSPS) is 14.2. The summed E-state index contributed by atoms with van der Waals surface area (Å²) in [6, 6.07) is 12.9. The zero-order chi connectivity index (χ0) is 20.6. The lowest BCUT2D eigenvalue weighted by Crippen LogP contribution is -2.29. The summed E-state index contributed by atoms with van der Waals surface area (Å²) < 4.78 is 11.6. The van der Waals surface area contributed by atoms with Crippen molar-refractivity contribution in [1.82, 2.24) is 5.32 Å². The number of carbonyl (C=O) groups excluding carboxylic acids is 1. The molecule has 0 saturated heterocycles. The van der Waals surface area contributed by atoms with Gasteiger partial charge >= 0.3 is 0 Å². The SMILES string of the molecule is CCON=C1COc2cc(OCc3ccccc3/C(=N\OC)C(=O)NC)ccc21. The van der Waals surface area contributed by atoms with E-state index in [9.17, 15) is 4.79 Å². The van der Waals surface area contributed by atoms with E-state index in [1.807, 2.05) is 43.3 Å². The van der Waals surface area contributed by atoms with Crippen molar-refractivity contribution in [1.29, 1.82) is 0 Å². The van der Waals surface area contributed by atoms with Gasteiger partial charge in [-0.25, -0.2) is 0 Å². The number of nitrogens with one attached hydrogen (secondary N) is 1. The van der Waals surface area contributed by atoms with Gasteiger partial charge in [-0.05, 0) is 24.6 Å². The fourth-order valence-corrected chi connectivity index (χ4v) is 2.85. The van der Waals surface area contributed by atoms with Gasteiger partial charge in [0.25, 0.3) is 5.91 Å². The Balaban J connectivity index is 1.78. The van der Waals surface area contributed by atoms with E-state index in [2.05, 4.69) is 15.6 Å². The van der Waals surface area contributed by atoms with Crippen LogP contribution in [0.25, 0.3) is 0 Å². The van der Waals surface area contributed by atoms with E-state index >= 15 is 0 Å². The van der Waals surface area contributed by atoms with Gasteiger partial charge in [-0.2, -0.15) is 0 Å². The Hall–Kier alpha value is -3.55. The van der Waals surface area contributed by atoms with E-state index in [1.165, 1.54) is 7.11 Å². The van der Waals surface area contributed by atoms with Crippen molar-refractivity contribution in [2.24, 2.45) is 10.3 Å². The molecule has 0 radical (unpaired) electrons. The van der Waals surface area contributed by atoms with Crippen molar-refractivity contribution in [3.63, 3.8) is 0 Å². The Bertz CT molecular complexity index is 940. The number of likely N-dealkylation sites (N-methyl/N-ethyl adjacent to an activating group) is 1. The molecule has 1 aliphatic rings. The molecule has 1 N–H and O–H groups in total. The van der Waals surface area contributed by atoms with Crippen molar-refractivity contribution in [2.45, 2.75) is 13.5 Å². The quantitative estimate of drug-likeness (QED) is 0.546. The van der Waals surface area contributed by atoms with Crippen molar-refractivity contribution < 1.29 is 23.9 Å². The highest BCUT2D eigenvalue weighted by Gasteiger charge is 2.21. The number of amides is 1. The highest BCUT2D eigenvalue weighted by atomic mass is 16.6. The van der Waals surface area contributed by atoms with Gasteiger partial charge in [0.05, 0.1) is 0 Å². The largest absolute Gasteiger partial charge is 0.489 e. The Morgan fingerprint density at radius 2 is 2.07 bits per heavy atom. The lowest BCUT2D eigenvalue weighted by Gasteiger charge is -2.12. The molecular weight excluding hydrogens is 374 g/mol. The minimum Gasteiger partial charge on any atom is -0.489 e. The summed E-state index contributed by atoms with van der Waals surface area (Å²) in [6.45, 7) is 2.99. The van der Waals surface area contributed by atoms with E-state index in [0.29, 0.717) is 30.3 Å². The van der Waals surface area contributed by atoms with Crippen LogP contribution in [0.4, 0.5) is 0 Å². The Morgan fingerprint density at radius 1 is 1.24 bits per heavy atom. The molecule has 152 valence electrons. The van der Waals surface area contributed by atoms with E-state index in [1.54, 1.807) is 13.1 Å². The topological polar surface area (TPSA) is 90.7 Å². The van der Waals surface area contributed by atoms with Crippen molar-refractivity contribution >= 4 is 17.3 Å². The van der Waals surface area contributed by atoms with E-state index < -0.39 is 0 Å². The van der Waals surface area contributed by atoms with Gasteiger partial charge in [-0.1, -0.05) is 34.6 Å². The Kier molecular flexibility index (Phi) is 6.67. The van der Waals surface area contributed by atoms with Crippen molar-refractivity contribution in [3.05, 3.63) is 59.2 Å². The average molecular weight is 397 g/mol. The maximum absolute atomic E-state index is 12.2. The summed E-state index contributed by atoms with van der Waals surface area (Å²) in [5.41, 5.74) is 3.26. The maximum Gasteiger partial charge on any atom is 0.273 e. The summed E-state index contributed by atoms with van der Waals surface area (Å²) >= 11 is 0. The molecule has 0 atom stereocenters. The van der Waals surface area contributed by atoms with Crippen LogP contribution in [-0.4, -0.2) is 44.7 Å². The molecule has 0 bridgehead atoms. The molecule has 0 saturated carbocycles. The number of fused-ring (bicyclic) bond motifs is 1. The van der Waals surface area contributed by atoms with Crippen LogP contribution in [0.5, 0.6) is 11.5 Å². The van der Waals surface area contributed by atoms with Gasteiger partial charge < -0.3 is 24.5 Å². The second kappa shape index (κ2) is 9.59. The lowest BCUT2D eigenvalue weighted by atomic mass is 10.0. The molecule has 1 aliphatic heterocycles. The fraction of sp³-hybridized carbons (Fsp3) is 0.286. The number of hydrogen-bond donors (Lipinski definition) is 1. The van der Waals surface area contributed by atoms with E-state index in [4.69, 9.17) is 19.1 Å². The standard InChI is InChI=1S/C21H23N3O5/c1-4-29-23-18-13-28-19-11-15(9-10-17(18)19)27-12-14-7-5-6-8-16(14)20(24-26-3)21(25)22-2/h5-11H,4,12-13H2,1-3H3,(H,22,25)/b23-18?,24-20+. The number of rotatable bonds is 8. The van der Waals surface area contributed by atoms with Crippen LogP contribution < -0.4 is 14.8 Å². The predicted molar refractivity (Wildman–Crippen MR) is 108 cm³/mol. The fourth-order valence-electron chi connectivity index (χ4n) is 2.85. The van der Waals surface area contributed by atoms with Gasteiger partial charge in [0.1, 0.15) is 44.1 Å². The Labute approximate surface area is 169 Å². The molecule has 1 amide bonds. The van der Waals surface area contributed by atoms with E-state index in [-0.39, 0.29) is 18.2 Å². The molecule has 0 aromatic heterocycles. The first-order valence-corrected chi connectivity index (χ1v) is 9.18. The van der Waals surface area contributed by atoms with Crippen LogP contribution in [0.1, 0.15) is 23.6 Å². The molecular formula is C21H23N3O5. The molecule has 1 heterocycles. The van der Waals surface area contributed by atoms with Crippen LogP contribution in [0.2, 0.25) is 0 Å². The summed E-state index contributed by atoms with van der Waals surface area (Å²) in [7, 11) is 2.94. The molecule has 8 nitrogen and oxygen atoms in total. The van der Waals surface area contributed by atoms with Gasteiger partial charge in [0, 0.05) is 24.2 Å². The number of hydrogen-bond acceptors (Lipinski definition) is 7. The third-order valence-electron chi connectivity index (χ3n) is 4.22. The molecule has 8 heteroatoms. The highest BCUT2D eigenvalue weighted by molar-refractivity contribution is 6.45. The van der Waals surface area contributed by atoms with Gasteiger partial charge in [-0.3, -0.25) is 4.79 Å². The molecule has 2 aromatic carbocycles. The average Bonchev–Trinajstić information content (AvgIpc) is 3.16. The minimum absolute atomic E-state index is 0.184. The number of ether oxygens (including phenoxy) is 2. The zero-order valence-electron chi connectivity index (χ0n) is 16.6. The lowest BCUT2D eigenvalue weighted by molar-refractivity contribution is -0.114. The highest BCUT2D eigenvalue weighted by Crippen LogP contribution is 2.30. The number of carbonyl (C=O) groups is 1. The van der Waals surface area contributed by atoms with Gasteiger partial charge in [-0.15, -0.1) is 0 Å². The minimum atomic E-state index is -0.341. The molecule has 0 fully saturated rings. The monoisotopic (exact) mass is 397 g/mol. The third kappa shape index (κ3) is 4.66. The molecule has 0 aliphatic carbocycles. The number of nitrogens with zero attached hydrogens (tertiary/aromatic N) is 2. The second-order valence-corrected chi connectivity index (χ2v) is 6.05.